The Morgan fingerprint density at radius 1 is 1.25 bits per heavy atom. The van der Waals surface area contributed by atoms with Gasteiger partial charge in [-0.3, -0.25) is 4.79 Å². The quantitative estimate of drug-likeness (QED) is 0.810. The minimum absolute atomic E-state index is 0.192. The number of hydrogen-bond acceptors (Lipinski definition) is 2. The SMILES string of the molecule is CC(=O)[C@H]1C[C@@H](CCc2ccccc2)O[C@@H](C(C)C)C1. The number of aryl methyl sites for hydroxylation is 1. The van der Waals surface area contributed by atoms with Crippen molar-refractivity contribution in [2.45, 2.75) is 58.7 Å². The van der Waals surface area contributed by atoms with Crippen LogP contribution in [0.25, 0.3) is 0 Å². The van der Waals surface area contributed by atoms with E-state index in [9.17, 15) is 4.79 Å². The summed E-state index contributed by atoms with van der Waals surface area (Å²) in [6, 6.07) is 10.5. The minimum Gasteiger partial charge on any atom is -0.375 e. The maximum atomic E-state index is 11.7. The maximum Gasteiger partial charge on any atom is 0.133 e. The highest BCUT2D eigenvalue weighted by Gasteiger charge is 2.32. The number of benzene rings is 1. The molecular formula is C18H26O2. The van der Waals surface area contributed by atoms with Crippen LogP contribution in [0.4, 0.5) is 0 Å². The van der Waals surface area contributed by atoms with Crippen LogP contribution in [0.5, 0.6) is 0 Å². The van der Waals surface area contributed by atoms with Crippen LogP contribution >= 0.6 is 0 Å². The zero-order valence-electron chi connectivity index (χ0n) is 12.8. The number of rotatable bonds is 5. The zero-order valence-corrected chi connectivity index (χ0v) is 12.8. The Morgan fingerprint density at radius 3 is 2.55 bits per heavy atom. The van der Waals surface area contributed by atoms with E-state index >= 15 is 0 Å². The summed E-state index contributed by atoms with van der Waals surface area (Å²) in [4.78, 5) is 11.7. The molecule has 1 aromatic rings. The van der Waals surface area contributed by atoms with E-state index in [1.807, 2.05) is 6.07 Å². The topological polar surface area (TPSA) is 26.3 Å². The molecule has 20 heavy (non-hydrogen) atoms. The number of ether oxygens (including phenoxy) is 1. The largest absolute Gasteiger partial charge is 0.375 e. The van der Waals surface area contributed by atoms with E-state index in [1.165, 1.54) is 5.56 Å². The predicted molar refractivity (Wildman–Crippen MR) is 81.7 cm³/mol. The van der Waals surface area contributed by atoms with Crippen LogP contribution in [0, 0.1) is 11.8 Å². The Morgan fingerprint density at radius 2 is 1.95 bits per heavy atom. The smallest absolute Gasteiger partial charge is 0.133 e. The van der Waals surface area contributed by atoms with Crippen LogP contribution in [0.2, 0.25) is 0 Å². The summed E-state index contributed by atoms with van der Waals surface area (Å²) in [5.41, 5.74) is 1.35. The second-order valence-electron chi connectivity index (χ2n) is 6.34. The fourth-order valence-corrected chi connectivity index (χ4v) is 2.97. The van der Waals surface area contributed by atoms with Crippen LogP contribution < -0.4 is 0 Å². The van der Waals surface area contributed by atoms with Gasteiger partial charge in [0.1, 0.15) is 5.78 Å². The fraction of sp³-hybridized carbons (Fsp3) is 0.611. The summed E-state index contributed by atoms with van der Waals surface area (Å²) in [7, 11) is 0. The molecule has 0 amide bonds. The third kappa shape index (κ3) is 4.17. The lowest BCUT2D eigenvalue weighted by Gasteiger charge is -2.36. The number of carbonyl (C=O) groups excluding carboxylic acids is 1. The molecule has 0 bridgehead atoms. The van der Waals surface area contributed by atoms with Crippen molar-refractivity contribution in [1.29, 1.82) is 0 Å². The summed E-state index contributed by atoms with van der Waals surface area (Å²) in [6.45, 7) is 6.09. The summed E-state index contributed by atoms with van der Waals surface area (Å²) >= 11 is 0. The maximum absolute atomic E-state index is 11.7. The molecule has 0 aromatic heterocycles. The van der Waals surface area contributed by atoms with E-state index in [1.54, 1.807) is 6.92 Å². The number of Topliss-reactive ketones (excluding diaryl/α,β-unsaturated/α-hetero) is 1. The highest BCUT2D eigenvalue weighted by Crippen LogP contribution is 2.31. The molecule has 110 valence electrons. The molecule has 1 aliphatic rings. The molecule has 0 aliphatic carbocycles. The normalized spacial score (nSPS) is 26.7. The molecule has 0 N–H and O–H groups in total. The lowest BCUT2D eigenvalue weighted by Crippen LogP contribution is -2.38. The van der Waals surface area contributed by atoms with Crippen LogP contribution in [-0.4, -0.2) is 18.0 Å². The molecule has 0 unspecified atom stereocenters. The fourth-order valence-electron chi connectivity index (χ4n) is 2.97. The van der Waals surface area contributed by atoms with Crippen molar-refractivity contribution in [3.8, 4) is 0 Å². The first-order valence-electron chi connectivity index (χ1n) is 7.76. The average molecular weight is 274 g/mol. The highest BCUT2D eigenvalue weighted by atomic mass is 16.5. The second-order valence-corrected chi connectivity index (χ2v) is 6.34. The van der Waals surface area contributed by atoms with Gasteiger partial charge in [0.2, 0.25) is 0 Å². The van der Waals surface area contributed by atoms with Gasteiger partial charge in [-0.05, 0) is 44.1 Å². The van der Waals surface area contributed by atoms with Gasteiger partial charge in [-0.15, -0.1) is 0 Å². The van der Waals surface area contributed by atoms with Crippen molar-refractivity contribution < 1.29 is 9.53 Å². The molecule has 0 spiro atoms. The summed E-state index contributed by atoms with van der Waals surface area (Å²) in [6.07, 6.45) is 4.29. The van der Waals surface area contributed by atoms with Crippen molar-refractivity contribution >= 4 is 5.78 Å². The molecule has 0 radical (unpaired) electrons. The zero-order chi connectivity index (χ0) is 14.5. The van der Waals surface area contributed by atoms with Crippen molar-refractivity contribution in [2.24, 2.45) is 11.8 Å². The molecule has 3 atom stereocenters. The summed E-state index contributed by atoms with van der Waals surface area (Å²) in [5, 5.41) is 0. The highest BCUT2D eigenvalue weighted by molar-refractivity contribution is 5.78. The molecule has 1 aromatic carbocycles. The number of carbonyl (C=O) groups is 1. The minimum atomic E-state index is 0.192. The molecular weight excluding hydrogens is 248 g/mol. The third-order valence-electron chi connectivity index (χ3n) is 4.35. The predicted octanol–water partition coefficient (Wildman–Crippen LogP) is 4.03. The van der Waals surface area contributed by atoms with Gasteiger partial charge >= 0.3 is 0 Å². The molecule has 1 saturated heterocycles. The Hall–Kier alpha value is -1.15. The monoisotopic (exact) mass is 274 g/mol. The number of hydrogen-bond donors (Lipinski definition) is 0. The van der Waals surface area contributed by atoms with Crippen molar-refractivity contribution in [3.05, 3.63) is 35.9 Å². The van der Waals surface area contributed by atoms with Crippen LogP contribution in [0.3, 0.4) is 0 Å². The van der Waals surface area contributed by atoms with E-state index < -0.39 is 0 Å². The lowest BCUT2D eigenvalue weighted by molar-refractivity contribution is -0.134. The molecule has 2 rings (SSSR count). The van der Waals surface area contributed by atoms with E-state index in [4.69, 9.17) is 4.74 Å². The van der Waals surface area contributed by atoms with Crippen molar-refractivity contribution in [3.63, 3.8) is 0 Å². The van der Waals surface area contributed by atoms with Gasteiger partial charge in [-0.2, -0.15) is 0 Å². The van der Waals surface area contributed by atoms with Crippen molar-refractivity contribution in [2.75, 3.05) is 0 Å². The molecule has 2 nitrogen and oxygen atoms in total. The van der Waals surface area contributed by atoms with Gasteiger partial charge in [0.05, 0.1) is 12.2 Å². The third-order valence-corrected chi connectivity index (χ3v) is 4.35. The molecule has 1 fully saturated rings. The van der Waals surface area contributed by atoms with Gasteiger partial charge in [-0.1, -0.05) is 44.2 Å². The Labute approximate surface area is 122 Å². The van der Waals surface area contributed by atoms with Crippen LogP contribution in [0.15, 0.2) is 30.3 Å². The summed E-state index contributed by atoms with van der Waals surface area (Å²) in [5.74, 6) is 0.997. The average Bonchev–Trinajstić information content (AvgIpc) is 2.45. The molecule has 1 aliphatic heterocycles. The summed E-state index contributed by atoms with van der Waals surface area (Å²) < 4.78 is 6.20. The van der Waals surface area contributed by atoms with E-state index in [-0.39, 0.29) is 18.1 Å². The van der Waals surface area contributed by atoms with Crippen molar-refractivity contribution in [1.82, 2.24) is 0 Å². The Bertz CT molecular complexity index is 424. The van der Waals surface area contributed by atoms with E-state index in [2.05, 4.69) is 38.1 Å². The first-order chi connectivity index (χ1) is 9.56. The first kappa shape index (κ1) is 15.2. The standard InChI is InChI=1S/C18H26O2/c1-13(2)18-12-16(14(3)19)11-17(20-18)10-9-15-7-5-4-6-8-15/h4-8,13,16-18H,9-12H2,1-3H3/t16-,17+,18+/m0/s1. The van der Waals surface area contributed by atoms with Gasteiger partial charge in [-0.25, -0.2) is 0 Å². The Kier molecular flexibility index (Phi) is 5.36. The van der Waals surface area contributed by atoms with Crippen LogP contribution in [-0.2, 0) is 16.0 Å². The van der Waals surface area contributed by atoms with Gasteiger partial charge in [0.15, 0.2) is 0 Å². The van der Waals surface area contributed by atoms with Gasteiger partial charge in [0.25, 0.3) is 0 Å². The number of ketones is 1. The first-order valence-corrected chi connectivity index (χ1v) is 7.76. The Balaban J connectivity index is 1.94. The molecule has 1 heterocycles. The van der Waals surface area contributed by atoms with Gasteiger partial charge in [0, 0.05) is 5.92 Å². The van der Waals surface area contributed by atoms with Crippen LogP contribution in [0.1, 0.15) is 45.6 Å². The van der Waals surface area contributed by atoms with Gasteiger partial charge < -0.3 is 4.74 Å². The van der Waals surface area contributed by atoms with E-state index in [0.29, 0.717) is 11.7 Å². The second kappa shape index (κ2) is 7.03. The molecule has 2 heteroatoms. The van der Waals surface area contributed by atoms with E-state index in [0.717, 1.165) is 25.7 Å². The molecule has 0 saturated carbocycles. The lowest BCUT2D eigenvalue weighted by atomic mass is 9.84.